The predicted molar refractivity (Wildman–Crippen MR) is 120 cm³/mol. The number of ether oxygens (including phenoxy) is 1. The van der Waals surface area contributed by atoms with Crippen molar-refractivity contribution in [1.29, 1.82) is 0 Å². The van der Waals surface area contributed by atoms with E-state index < -0.39 is 5.97 Å². The number of anilines is 1. The zero-order chi connectivity index (χ0) is 22.2. The van der Waals surface area contributed by atoms with Crippen LogP contribution in [-0.4, -0.2) is 5.97 Å². The second-order valence-electron chi connectivity index (χ2n) is 7.30. The summed E-state index contributed by atoms with van der Waals surface area (Å²) in [6.07, 6.45) is 0. The molecule has 0 bridgehead atoms. The number of carboxylic acid groups (broad SMARTS) is 1. The number of carbonyl (C=O) groups is 1. The normalized spacial score (nSPS) is 11.0. The third-order valence-corrected chi connectivity index (χ3v) is 5.20. The van der Waals surface area contributed by atoms with Crippen molar-refractivity contribution in [3.05, 3.63) is 101 Å². The molecule has 2 N–H and O–H groups in total. The van der Waals surface area contributed by atoms with Gasteiger partial charge in [0, 0.05) is 39.9 Å². The lowest BCUT2D eigenvalue weighted by molar-refractivity contribution is -0.254. The number of fused-ring (bicyclic) bond motifs is 2. The maximum atomic E-state index is 12.0. The fraction of sp³-hybridized carbons (Fsp3) is 0. The van der Waals surface area contributed by atoms with Gasteiger partial charge in [0.15, 0.2) is 5.43 Å². The highest BCUT2D eigenvalue weighted by molar-refractivity contribution is 6.07. The molecular formula is C26H16NO5-. The SMILES string of the molecule is Nc1ccc(Oc2ccc3c(-c4ccccc4C(=O)[O-])c4ccc(=O)cc-4oc3c2)cc1. The molecule has 1 heterocycles. The molecule has 5 rings (SSSR count). The fourth-order valence-corrected chi connectivity index (χ4v) is 3.76. The van der Waals surface area contributed by atoms with Gasteiger partial charge in [0.2, 0.25) is 0 Å². The minimum absolute atomic E-state index is 0.0506. The quantitative estimate of drug-likeness (QED) is 0.342. The van der Waals surface area contributed by atoms with Gasteiger partial charge in [0.05, 0.1) is 5.97 Å². The first kappa shape index (κ1) is 19.4. The first-order chi connectivity index (χ1) is 15.5. The van der Waals surface area contributed by atoms with Crippen LogP contribution in [0, 0.1) is 0 Å². The number of aromatic carboxylic acids is 1. The van der Waals surface area contributed by atoms with Crippen LogP contribution in [0.15, 0.2) is 94.1 Å². The van der Waals surface area contributed by atoms with Gasteiger partial charge in [-0.1, -0.05) is 24.3 Å². The van der Waals surface area contributed by atoms with Gasteiger partial charge >= 0.3 is 0 Å². The van der Waals surface area contributed by atoms with Gasteiger partial charge in [-0.05, 0) is 54.1 Å². The van der Waals surface area contributed by atoms with Crippen LogP contribution in [0.5, 0.6) is 11.5 Å². The lowest BCUT2D eigenvalue weighted by Gasteiger charge is -2.18. The maximum absolute atomic E-state index is 12.0. The van der Waals surface area contributed by atoms with Crippen LogP contribution in [0.4, 0.5) is 5.69 Å². The van der Waals surface area contributed by atoms with Crippen molar-refractivity contribution in [2.45, 2.75) is 0 Å². The van der Waals surface area contributed by atoms with Gasteiger partial charge in [-0.3, -0.25) is 4.79 Å². The average Bonchev–Trinajstić information content (AvgIpc) is 2.79. The number of benzene rings is 4. The van der Waals surface area contributed by atoms with E-state index in [0.717, 1.165) is 0 Å². The molecular weight excluding hydrogens is 406 g/mol. The lowest BCUT2D eigenvalue weighted by atomic mass is 9.91. The molecule has 0 spiro atoms. The van der Waals surface area contributed by atoms with Gasteiger partial charge in [-0.2, -0.15) is 0 Å². The third kappa shape index (κ3) is 3.44. The van der Waals surface area contributed by atoms with Crippen LogP contribution < -0.4 is 21.0 Å². The molecule has 0 aromatic heterocycles. The number of rotatable bonds is 4. The smallest absolute Gasteiger partial charge is 0.182 e. The molecule has 1 aliphatic heterocycles. The Labute approximate surface area is 182 Å². The summed E-state index contributed by atoms with van der Waals surface area (Å²) in [6.45, 7) is 0. The van der Waals surface area contributed by atoms with Crippen molar-refractivity contribution in [1.82, 2.24) is 0 Å². The van der Waals surface area contributed by atoms with E-state index in [-0.39, 0.29) is 11.0 Å². The van der Waals surface area contributed by atoms with Crippen LogP contribution in [0.25, 0.3) is 33.4 Å². The monoisotopic (exact) mass is 422 g/mol. The second kappa shape index (κ2) is 7.59. The number of nitrogens with two attached hydrogens (primary N) is 1. The summed E-state index contributed by atoms with van der Waals surface area (Å²) in [5.74, 6) is 0.177. The highest BCUT2D eigenvalue weighted by Crippen LogP contribution is 2.42. The van der Waals surface area contributed by atoms with Crippen molar-refractivity contribution in [3.8, 4) is 33.9 Å². The molecule has 1 aliphatic carbocycles. The molecule has 0 saturated heterocycles. The van der Waals surface area contributed by atoms with E-state index in [4.69, 9.17) is 14.9 Å². The summed E-state index contributed by atoms with van der Waals surface area (Å²) in [6, 6.07) is 23.3. The Bertz CT molecular complexity index is 1500. The molecule has 0 fully saturated rings. The second-order valence-corrected chi connectivity index (χ2v) is 7.30. The van der Waals surface area contributed by atoms with Crippen molar-refractivity contribution < 1.29 is 19.1 Å². The summed E-state index contributed by atoms with van der Waals surface area (Å²) in [5.41, 5.74) is 8.37. The molecule has 0 amide bonds. The lowest BCUT2D eigenvalue weighted by Crippen LogP contribution is -2.23. The Morgan fingerprint density at radius 3 is 2.38 bits per heavy atom. The standard InChI is InChI=1S/C26H17NO5/c27-15-5-8-17(9-6-15)31-18-10-12-22-24(14-18)32-23-13-16(28)7-11-21(23)25(22)19-3-1-2-4-20(19)26(29)30/h1-14H,27H2,(H,29,30)/p-1. The molecule has 0 radical (unpaired) electrons. The molecule has 2 aliphatic rings. The van der Waals surface area contributed by atoms with Crippen LogP contribution >= 0.6 is 0 Å². The van der Waals surface area contributed by atoms with E-state index in [2.05, 4.69) is 0 Å². The highest BCUT2D eigenvalue weighted by Gasteiger charge is 2.20. The number of carbonyl (C=O) groups excluding carboxylic acids is 1. The summed E-state index contributed by atoms with van der Waals surface area (Å²) in [7, 11) is 0. The molecule has 156 valence electrons. The van der Waals surface area contributed by atoms with Crippen molar-refractivity contribution in [2.24, 2.45) is 0 Å². The minimum Gasteiger partial charge on any atom is -0.545 e. The molecule has 0 unspecified atom stereocenters. The molecule has 3 aromatic carbocycles. The zero-order valence-electron chi connectivity index (χ0n) is 16.7. The molecule has 6 nitrogen and oxygen atoms in total. The van der Waals surface area contributed by atoms with Gasteiger partial charge < -0.3 is 24.8 Å². The first-order valence-electron chi connectivity index (χ1n) is 9.84. The van der Waals surface area contributed by atoms with Crippen LogP contribution in [-0.2, 0) is 0 Å². The fourth-order valence-electron chi connectivity index (χ4n) is 3.76. The van der Waals surface area contributed by atoms with Crippen LogP contribution in [0.1, 0.15) is 10.4 Å². The Balaban J connectivity index is 1.76. The number of hydrogen-bond donors (Lipinski definition) is 1. The highest BCUT2D eigenvalue weighted by atomic mass is 16.5. The summed E-state index contributed by atoms with van der Waals surface area (Å²) < 4.78 is 11.9. The van der Waals surface area contributed by atoms with Crippen molar-refractivity contribution >= 4 is 22.6 Å². The van der Waals surface area contributed by atoms with Gasteiger partial charge in [-0.25, -0.2) is 0 Å². The maximum Gasteiger partial charge on any atom is 0.182 e. The zero-order valence-corrected chi connectivity index (χ0v) is 16.7. The van der Waals surface area contributed by atoms with E-state index in [1.165, 1.54) is 18.2 Å². The molecule has 6 heteroatoms. The Morgan fingerprint density at radius 2 is 1.59 bits per heavy atom. The van der Waals surface area contributed by atoms with E-state index in [1.54, 1.807) is 66.7 Å². The number of carboxylic acids is 1. The first-order valence-corrected chi connectivity index (χ1v) is 9.84. The van der Waals surface area contributed by atoms with E-state index >= 15 is 0 Å². The number of hydrogen-bond acceptors (Lipinski definition) is 6. The van der Waals surface area contributed by atoms with Crippen LogP contribution in [0.3, 0.4) is 0 Å². The molecule has 0 atom stereocenters. The predicted octanol–water partition coefficient (Wildman–Crippen LogP) is 4.30. The summed E-state index contributed by atoms with van der Waals surface area (Å²) in [4.78, 5) is 23.8. The van der Waals surface area contributed by atoms with E-state index in [0.29, 0.717) is 50.6 Å². The van der Waals surface area contributed by atoms with E-state index in [9.17, 15) is 14.7 Å². The summed E-state index contributed by atoms with van der Waals surface area (Å²) >= 11 is 0. The van der Waals surface area contributed by atoms with Gasteiger partial charge in [0.25, 0.3) is 0 Å². The summed E-state index contributed by atoms with van der Waals surface area (Å²) in [5, 5.41) is 12.5. The Morgan fingerprint density at radius 1 is 0.844 bits per heavy atom. The molecule has 3 aromatic rings. The average molecular weight is 422 g/mol. The van der Waals surface area contributed by atoms with Crippen molar-refractivity contribution in [2.75, 3.05) is 5.73 Å². The third-order valence-electron chi connectivity index (χ3n) is 5.20. The van der Waals surface area contributed by atoms with Gasteiger partial charge in [0.1, 0.15) is 22.8 Å². The minimum atomic E-state index is -1.29. The Kier molecular flexibility index (Phi) is 4.60. The van der Waals surface area contributed by atoms with Crippen molar-refractivity contribution in [3.63, 3.8) is 0 Å². The number of nitrogen functional groups attached to an aromatic ring is 1. The topological polar surface area (TPSA) is 106 Å². The molecule has 0 saturated carbocycles. The Hall–Kier alpha value is -4.58. The van der Waals surface area contributed by atoms with Crippen LogP contribution in [0.2, 0.25) is 0 Å². The largest absolute Gasteiger partial charge is 0.545 e. The van der Waals surface area contributed by atoms with Gasteiger partial charge in [-0.15, -0.1) is 0 Å². The molecule has 32 heavy (non-hydrogen) atoms. The van der Waals surface area contributed by atoms with E-state index in [1.807, 2.05) is 0 Å².